The molecule has 0 bridgehead atoms. The van der Waals surface area contributed by atoms with Crippen molar-refractivity contribution in [3.05, 3.63) is 76.4 Å². The number of fused-ring (bicyclic) bond motifs is 1. The van der Waals surface area contributed by atoms with Crippen LogP contribution in [0, 0.1) is 6.92 Å². The van der Waals surface area contributed by atoms with E-state index in [9.17, 15) is 4.79 Å². The van der Waals surface area contributed by atoms with Crippen molar-refractivity contribution < 1.29 is 14.3 Å². The number of carbonyl (C=O) groups excluding carboxylic acids is 1. The van der Waals surface area contributed by atoms with Crippen molar-refractivity contribution in [1.29, 1.82) is 0 Å². The second kappa shape index (κ2) is 6.89. The number of ketones is 1. The molecule has 0 saturated heterocycles. The van der Waals surface area contributed by atoms with Gasteiger partial charge in [0.05, 0.1) is 11.1 Å². The predicted molar refractivity (Wildman–Crippen MR) is 112 cm³/mol. The second-order valence-corrected chi connectivity index (χ2v) is 8.14. The van der Waals surface area contributed by atoms with Crippen LogP contribution in [0.1, 0.15) is 29.7 Å². The van der Waals surface area contributed by atoms with Crippen LogP contribution >= 0.6 is 11.6 Å². The molecule has 5 heteroatoms. The van der Waals surface area contributed by atoms with E-state index in [1.807, 2.05) is 61.5 Å². The number of rotatable bonds is 5. The molecule has 0 N–H and O–H groups in total. The van der Waals surface area contributed by atoms with E-state index in [1.165, 1.54) is 0 Å². The minimum absolute atomic E-state index is 0.202. The molecule has 0 spiro atoms. The Morgan fingerprint density at radius 1 is 1.07 bits per heavy atom. The van der Waals surface area contributed by atoms with Gasteiger partial charge in [-0.15, -0.1) is 0 Å². The Morgan fingerprint density at radius 3 is 2.69 bits per heavy atom. The van der Waals surface area contributed by atoms with Crippen LogP contribution in [0.3, 0.4) is 0 Å². The maximum atomic E-state index is 13.2. The van der Waals surface area contributed by atoms with Crippen LogP contribution in [0.25, 0.3) is 11.3 Å². The van der Waals surface area contributed by atoms with E-state index < -0.39 is 5.41 Å². The second-order valence-electron chi connectivity index (χ2n) is 7.73. The molecule has 1 aliphatic heterocycles. The highest BCUT2D eigenvalue weighted by Gasteiger charge is 2.50. The van der Waals surface area contributed by atoms with Gasteiger partial charge in [0.2, 0.25) is 6.79 Å². The average Bonchev–Trinajstić information content (AvgIpc) is 3.41. The SMILES string of the molecule is Cc1cc(-c2cccc(CC(=O)C3(c4ccc5c(c4)OCO5)CC3)n2)ccc1Cl. The molecule has 4 nitrogen and oxygen atoms in total. The molecular formula is C24H20ClNO3. The monoisotopic (exact) mass is 405 g/mol. The molecule has 2 aromatic carbocycles. The zero-order chi connectivity index (χ0) is 20.0. The van der Waals surface area contributed by atoms with Crippen LogP contribution in [-0.2, 0) is 16.6 Å². The maximum absolute atomic E-state index is 13.2. The fourth-order valence-corrected chi connectivity index (χ4v) is 4.04. The van der Waals surface area contributed by atoms with E-state index in [2.05, 4.69) is 0 Å². The Balaban J connectivity index is 1.39. The van der Waals surface area contributed by atoms with Crippen molar-refractivity contribution in [2.75, 3.05) is 6.79 Å². The first-order valence-corrected chi connectivity index (χ1v) is 10.1. The first kappa shape index (κ1) is 18.2. The van der Waals surface area contributed by atoms with Gasteiger partial charge in [-0.25, -0.2) is 0 Å². The van der Waals surface area contributed by atoms with Gasteiger partial charge in [-0.05, 0) is 67.3 Å². The Morgan fingerprint density at radius 2 is 1.90 bits per heavy atom. The number of hydrogen-bond donors (Lipinski definition) is 0. The lowest BCUT2D eigenvalue weighted by atomic mass is 9.88. The van der Waals surface area contributed by atoms with E-state index in [4.69, 9.17) is 26.1 Å². The molecule has 1 fully saturated rings. The number of aromatic nitrogens is 1. The molecule has 1 aliphatic carbocycles. The molecular weight excluding hydrogens is 386 g/mol. The summed E-state index contributed by atoms with van der Waals surface area (Å²) < 4.78 is 10.9. The predicted octanol–water partition coefficient (Wildman–Crippen LogP) is 5.28. The van der Waals surface area contributed by atoms with Gasteiger partial charge in [0.15, 0.2) is 11.5 Å². The van der Waals surface area contributed by atoms with Crippen LogP contribution in [0.2, 0.25) is 5.02 Å². The minimum Gasteiger partial charge on any atom is -0.454 e. The van der Waals surface area contributed by atoms with Crippen LogP contribution in [0.5, 0.6) is 11.5 Å². The van der Waals surface area contributed by atoms with Gasteiger partial charge in [-0.3, -0.25) is 9.78 Å². The normalized spacial score (nSPS) is 15.9. The van der Waals surface area contributed by atoms with Crippen molar-refractivity contribution in [1.82, 2.24) is 4.98 Å². The largest absolute Gasteiger partial charge is 0.454 e. The number of benzene rings is 2. The third kappa shape index (κ3) is 3.28. The zero-order valence-corrected chi connectivity index (χ0v) is 16.8. The number of aryl methyl sites for hydroxylation is 1. The lowest BCUT2D eigenvalue weighted by Crippen LogP contribution is -2.23. The highest BCUT2D eigenvalue weighted by atomic mass is 35.5. The molecule has 0 atom stereocenters. The summed E-state index contributed by atoms with van der Waals surface area (Å²) >= 11 is 6.14. The van der Waals surface area contributed by atoms with Crippen LogP contribution in [-0.4, -0.2) is 17.6 Å². The van der Waals surface area contributed by atoms with Crippen molar-refractivity contribution >= 4 is 17.4 Å². The van der Waals surface area contributed by atoms with Gasteiger partial charge in [0.25, 0.3) is 0 Å². The number of pyridine rings is 1. The number of halogens is 1. The molecule has 0 radical (unpaired) electrons. The lowest BCUT2D eigenvalue weighted by molar-refractivity contribution is -0.120. The highest BCUT2D eigenvalue weighted by Crippen LogP contribution is 2.51. The molecule has 0 unspecified atom stereocenters. The summed E-state index contributed by atoms with van der Waals surface area (Å²) in [6.45, 7) is 2.21. The van der Waals surface area contributed by atoms with Crippen molar-refractivity contribution in [3.8, 4) is 22.8 Å². The Bertz CT molecular complexity index is 1120. The fraction of sp³-hybridized carbons (Fsp3) is 0.250. The number of hydrogen-bond acceptors (Lipinski definition) is 4. The Hall–Kier alpha value is -2.85. The molecule has 5 rings (SSSR count). The van der Waals surface area contributed by atoms with Crippen molar-refractivity contribution in [2.45, 2.75) is 31.6 Å². The minimum atomic E-state index is -0.421. The highest BCUT2D eigenvalue weighted by molar-refractivity contribution is 6.31. The van der Waals surface area contributed by atoms with Gasteiger partial charge in [-0.1, -0.05) is 29.8 Å². The first-order valence-electron chi connectivity index (χ1n) is 9.71. The van der Waals surface area contributed by atoms with Crippen LogP contribution in [0.15, 0.2) is 54.6 Å². The molecule has 2 aliphatic rings. The summed E-state index contributed by atoms with van der Waals surface area (Å²) in [5.41, 5.74) is 4.23. The van der Waals surface area contributed by atoms with Gasteiger partial charge in [-0.2, -0.15) is 0 Å². The van der Waals surface area contributed by atoms with E-state index in [0.717, 1.165) is 57.4 Å². The number of nitrogens with zero attached hydrogens (tertiary/aromatic N) is 1. The quantitative estimate of drug-likeness (QED) is 0.579. The van der Waals surface area contributed by atoms with Gasteiger partial charge < -0.3 is 9.47 Å². The fourth-order valence-electron chi connectivity index (χ4n) is 3.92. The third-order valence-corrected chi connectivity index (χ3v) is 6.24. The molecule has 2 heterocycles. The number of carbonyl (C=O) groups is 1. The molecule has 29 heavy (non-hydrogen) atoms. The molecule has 3 aromatic rings. The van der Waals surface area contributed by atoms with E-state index in [-0.39, 0.29) is 12.6 Å². The van der Waals surface area contributed by atoms with Gasteiger partial charge in [0, 0.05) is 22.7 Å². The van der Waals surface area contributed by atoms with Crippen LogP contribution < -0.4 is 9.47 Å². The Kier molecular flexibility index (Phi) is 4.32. The number of Topliss-reactive ketones (excluding diaryl/α,β-unsaturated/α-hetero) is 1. The van der Waals surface area contributed by atoms with E-state index in [1.54, 1.807) is 0 Å². The van der Waals surface area contributed by atoms with Crippen LogP contribution in [0.4, 0.5) is 0 Å². The maximum Gasteiger partial charge on any atom is 0.231 e. The van der Waals surface area contributed by atoms with Crippen molar-refractivity contribution in [2.24, 2.45) is 0 Å². The molecule has 1 saturated carbocycles. The summed E-state index contributed by atoms with van der Waals surface area (Å²) in [6.07, 6.45) is 2.04. The summed E-state index contributed by atoms with van der Waals surface area (Å²) in [5, 5.41) is 0.736. The average molecular weight is 406 g/mol. The van der Waals surface area contributed by atoms with E-state index in [0.29, 0.717) is 6.42 Å². The van der Waals surface area contributed by atoms with Gasteiger partial charge in [0.1, 0.15) is 5.78 Å². The van der Waals surface area contributed by atoms with E-state index >= 15 is 0 Å². The summed E-state index contributed by atoms with van der Waals surface area (Å²) in [6, 6.07) is 17.5. The smallest absolute Gasteiger partial charge is 0.231 e. The lowest BCUT2D eigenvalue weighted by Gasteiger charge is -2.15. The van der Waals surface area contributed by atoms with Crippen molar-refractivity contribution in [3.63, 3.8) is 0 Å². The van der Waals surface area contributed by atoms with Gasteiger partial charge >= 0.3 is 0 Å². The first-order chi connectivity index (χ1) is 14.0. The standard InChI is InChI=1S/C24H20ClNO3/c1-15-11-16(5-7-19(15)25)20-4-2-3-18(26-20)13-23(27)24(9-10-24)17-6-8-21-22(12-17)29-14-28-21/h2-8,11-12H,9-10,13-14H2,1H3. The third-order valence-electron chi connectivity index (χ3n) is 5.81. The molecule has 0 amide bonds. The molecule has 146 valence electrons. The topological polar surface area (TPSA) is 48.4 Å². The number of ether oxygens (including phenoxy) is 2. The summed E-state index contributed by atoms with van der Waals surface area (Å²) in [4.78, 5) is 18.0. The Labute approximate surface area is 174 Å². The summed E-state index contributed by atoms with van der Waals surface area (Å²) in [7, 11) is 0. The summed E-state index contributed by atoms with van der Waals surface area (Å²) in [5.74, 6) is 1.66. The molecule has 1 aromatic heterocycles. The zero-order valence-electron chi connectivity index (χ0n) is 16.1.